The first-order chi connectivity index (χ1) is 11.7. The molecule has 0 amide bonds. The van der Waals surface area contributed by atoms with Crippen LogP contribution in [0.2, 0.25) is 0 Å². The monoisotopic (exact) mass is 318 g/mol. The van der Waals surface area contributed by atoms with E-state index in [9.17, 15) is 10.2 Å². The molecule has 0 radical (unpaired) electrons. The zero-order chi connectivity index (χ0) is 16.8. The van der Waals surface area contributed by atoms with Gasteiger partial charge in [-0.2, -0.15) is 0 Å². The van der Waals surface area contributed by atoms with Gasteiger partial charge >= 0.3 is 0 Å². The Morgan fingerprint density at radius 2 is 1.17 bits per heavy atom. The molecule has 0 aliphatic rings. The van der Waals surface area contributed by atoms with Crippen LogP contribution in [0.25, 0.3) is 0 Å². The van der Waals surface area contributed by atoms with E-state index < -0.39 is 0 Å². The number of benzene rings is 3. The third kappa shape index (κ3) is 3.34. The summed E-state index contributed by atoms with van der Waals surface area (Å²) in [5.74, 6) is 0.269. The number of rotatable bonds is 6. The van der Waals surface area contributed by atoms with E-state index in [1.807, 2.05) is 48.5 Å². The number of phenols is 1. The van der Waals surface area contributed by atoms with Crippen molar-refractivity contribution in [1.82, 2.24) is 0 Å². The summed E-state index contributed by atoms with van der Waals surface area (Å²) in [4.78, 5) is 0. The second-order valence-electron chi connectivity index (χ2n) is 6.13. The smallest absolute Gasteiger partial charge is 0.115 e. The lowest BCUT2D eigenvalue weighted by Gasteiger charge is -2.35. The van der Waals surface area contributed by atoms with Crippen molar-refractivity contribution in [1.29, 1.82) is 0 Å². The maximum atomic E-state index is 9.81. The second kappa shape index (κ2) is 7.33. The average molecular weight is 318 g/mol. The van der Waals surface area contributed by atoms with Gasteiger partial charge in [0.15, 0.2) is 0 Å². The maximum absolute atomic E-state index is 9.81. The molecule has 0 saturated carbocycles. The molecule has 3 aromatic carbocycles. The molecular formula is C22H22O2. The van der Waals surface area contributed by atoms with Crippen molar-refractivity contribution in [3.05, 3.63) is 102 Å². The van der Waals surface area contributed by atoms with Gasteiger partial charge in [-0.05, 0) is 41.7 Å². The lowest BCUT2D eigenvalue weighted by Crippen LogP contribution is -2.32. The van der Waals surface area contributed by atoms with Gasteiger partial charge in [0.2, 0.25) is 0 Å². The third-order valence-electron chi connectivity index (χ3n) is 4.63. The lowest BCUT2D eigenvalue weighted by molar-refractivity contribution is 0.252. The Balaban J connectivity index is 2.12. The fraction of sp³-hybridized carbons (Fsp3) is 0.182. The van der Waals surface area contributed by atoms with Crippen LogP contribution in [0.5, 0.6) is 5.75 Å². The highest BCUT2D eigenvalue weighted by Crippen LogP contribution is 2.39. The van der Waals surface area contributed by atoms with Crippen LogP contribution < -0.4 is 0 Å². The summed E-state index contributed by atoms with van der Waals surface area (Å²) in [5, 5.41) is 19.4. The molecule has 24 heavy (non-hydrogen) atoms. The molecule has 2 N–H and O–H groups in total. The highest BCUT2D eigenvalue weighted by Gasteiger charge is 2.33. The Bertz CT molecular complexity index is 709. The summed E-state index contributed by atoms with van der Waals surface area (Å²) in [7, 11) is 0. The zero-order valence-corrected chi connectivity index (χ0v) is 13.6. The van der Waals surface area contributed by atoms with E-state index in [-0.39, 0.29) is 17.8 Å². The molecule has 3 aromatic rings. The Kier molecular flexibility index (Phi) is 4.97. The molecule has 0 atom stereocenters. The average Bonchev–Trinajstić information content (AvgIpc) is 2.64. The van der Waals surface area contributed by atoms with Crippen molar-refractivity contribution in [2.75, 3.05) is 6.61 Å². The van der Waals surface area contributed by atoms with Crippen molar-refractivity contribution < 1.29 is 10.2 Å². The van der Waals surface area contributed by atoms with Crippen LogP contribution in [0.15, 0.2) is 84.9 Å². The summed E-state index contributed by atoms with van der Waals surface area (Å²) in [6, 6.07) is 28.0. The van der Waals surface area contributed by atoms with Crippen molar-refractivity contribution in [2.45, 2.75) is 18.3 Å². The maximum Gasteiger partial charge on any atom is 0.115 e. The van der Waals surface area contributed by atoms with Gasteiger partial charge < -0.3 is 10.2 Å². The minimum atomic E-state index is -0.297. The standard InChI is InChI=1S/C22H22O2/c23-16-15-22(19-7-3-1-4-8-19,20-9-5-2-6-10-20)17-18-11-13-21(24)14-12-18/h1-14,23-24H,15-17H2. The molecule has 3 rings (SSSR count). The molecule has 0 aromatic heterocycles. The summed E-state index contributed by atoms with van der Waals surface area (Å²) >= 11 is 0. The number of phenolic OH excluding ortho intramolecular Hbond substituents is 1. The Morgan fingerprint density at radius 3 is 1.62 bits per heavy atom. The van der Waals surface area contributed by atoms with Gasteiger partial charge in [-0.1, -0.05) is 72.8 Å². The highest BCUT2D eigenvalue weighted by atomic mass is 16.3. The SMILES string of the molecule is OCCC(Cc1ccc(O)cc1)(c1ccccc1)c1ccccc1. The van der Waals surface area contributed by atoms with E-state index >= 15 is 0 Å². The molecule has 2 heteroatoms. The van der Waals surface area contributed by atoms with Crippen LogP contribution in [-0.4, -0.2) is 16.8 Å². The van der Waals surface area contributed by atoms with E-state index in [4.69, 9.17) is 0 Å². The fourth-order valence-corrected chi connectivity index (χ4v) is 3.42. The Hall–Kier alpha value is -2.58. The van der Waals surface area contributed by atoms with Crippen LogP contribution >= 0.6 is 0 Å². The van der Waals surface area contributed by atoms with Gasteiger partial charge in [0, 0.05) is 12.0 Å². The zero-order valence-electron chi connectivity index (χ0n) is 13.6. The molecule has 0 fully saturated rings. The molecule has 0 aliphatic carbocycles. The minimum Gasteiger partial charge on any atom is -0.508 e. The number of aromatic hydroxyl groups is 1. The first kappa shape index (κ1) is 16.3. The van der Waals surface area contributed by atoms with Gasteiger partial charge in [0.05, 0.1) is 0 Å². The van der Waals surface area contributed by atoms with Crippen LogP contribution in [0, 0.1) is 0 Å². The van der Waals surface area contributed by atoms with Crippen LogP contribution in [-0.2, 0) is 11.8 Å². The quantitative estimate of drug-likeness (QED) is 0.711. The van der Waals surface area contributed by atoms with E-state index in [0.717, 1.165) is 12.0 Å². The predicted molar refractivity (Wildman–Crippen MR) is 97.2 cm³/mol. The molecule has 0 heterocycles. The molecule has 0 bridgehead atoms. The topological polar surface area (TPSA) is 40.5 Å². The fourth-order valence-electron chi connectivity index (χ4n) is 3.42. The van der Waals surface area contributed by atoms with Crippen molar-refractivity contribution in [2.24, 2.45) is 0 Å². The summed E-state index contributed by atoms with van der Waals surface area (Å²) < 4.78 is 0. The van der Waals surface area contributed by atoms with Gasteiger partial charge in [-0.3, -0.25) is 0 Å². The van der Waals surface area contributed by atoms with Crippen molar-refractivity contribution in [3.8, 4) is 5.75 Å². The van der Waals surface area contributed by atoms with Crippen LogP contribution in [0.1, 0.15) is 23.1 Å². The Morgan fingerprint density at radius 1 is 0.667 bits per heavy atom. The third-order valence-corrected chi connectivity index (χ3v) is 4.63. The van der Waals surface area contributed by atoms with E-state index in [0.29, 0.717) is 6.42 Å². The first-order valence-corrected chi connectivity index (χ1v) is 8.24. The largest absolute Gasteiger partial charge is 0.508 e. The van der Waals surface area contributed by atoms with Gasteiger partial charge in [0.25, 0.3) is 0 Å². The number of aliphatic hydroxyl groups excluding tert-OH is 1. The normalized spacial score (nSPS) is 11.4. The molecule has 0 spiro atoms. The Labute approximate surface area is 143 Å². The molecule has 0 aliphatic heterocycles. The highest BCUT2D eigenvalue weighted by molar-refractivity contribution is 5.42. The summed E-state index contributed by atoms with van der Waals surface area (Å²) in [6.07, 6.45) is 1.41. The van der Waals surface area contributed by atoms with E-state index in [1.54, 1.807) is 12.1 Å². The molecule has 0 saturated heterocycles. The molecule has 122 valence electrons. The van der Waals surface area contributed by atoms with Crippen molar-refractivity contribution >= 4 is 0 Å². The van der Waals surface area contributed by atoms with E-state index in [1.165, 1.54) is 11.1 Å². The molecular weight excluding hydrogens is 296 g/mol. The number of hydrogen-bond donors (Lipinski definition) is 2. The van der Waals surface area contributed by atoms with Crippen LogP contribution in [0.3, 0.4) is 0 Å². The van der Waals surface area contributed by atoms with Gasteiger partial charge in [-0.15, -0.1) is 0 Å². The van der Waals surface area contributed by atoms with E-state index in [2.05, 4.69) is 24.3 Å². The van der Waals surface area contributed by atoms with Crippen LogP contribution in [0.4, 0.5) is 0 Å². The number of aliphatic hydroxyl groups is 1. The molecule has 0 unspecified atom stereocenters. The second-order valence-corrected chi connectivity index (χ2v) is 6.13. The van der Waals surface area contributed by atoms with Gasteiger partial charge in [-0.25, -0.2) is 0 Å². The minimum absolute atomic E-state index is 0.113. The molecule has 2 nitrogen and oxygen atoms in total. The summed E-state index contributed by atoms with van der Waals surface area (Å²) in [6.45, 7) is 0.113. The van der Waals surface area contributed by atoms with Crippen molar-refractivity contribution in [3.63, 3.8) is 0 Å². The summed E-state index contributed by atoms with van der Waals surface area (Å²) in [5.41, 5.74) is 3.22. The van der Waals surface area contributed by atoms with Gasteiger partial charge in [0.1, 0.15) is 5.75 Å². The first-order valence-electron chi connectivity index (χ1n) is 8.24. The lowest BCUT2D eigenvalue weighted by atomic mass is 9.68. The number of hydrogen-bond acceptors (Lipinski definition) is 2. The predicted octanol–water partition coefficient (Wildman–Crippen LogP) is 4.30.